The minimum atomic E-state index is 0.0997. The number of hydrogen-bond acceptors (Lipinski definition) is 3. The molecule has 3 nitrogen and oxygen atoms in total. The maximum atomic E-state index is 5.95. The van der Waals surface area contributed by atoms with Gasteiger partial charge in [0.05, 0.1) is 12.3 Å². The zero-order valence-electron chi connectivity index (χ0n) is 14.8. The van der Waals surface area contributed by atoms with Gasteiger partial charge < -0.3 is 16.0 Å². The van der Waals surface area contributed by atoms with E-state index >= 15 is 0 Å². The van der Waals surface area contributed by atoms with Gasteiger partial charge in [-0.1, -0.05) is 57.6 Å². The Balaban J connectivity index is 1.86. The van der Waals surface area contributed by atoms with Gasteiger partial charge in [0.25, 0.3) is 0 Å². The van der Waals surface area contributed by atoms with Crippen LogP contribution in [0.2, 0.25) is 0 Å². The molecular weight excluding hydrogens is 270 g/mol. The molecule has 3 N–H and O–H groups in total. The number of unbranched alkanes of at least 4 members (excludes halogenated alkanes) is 8. The fourth-order valence-electron chi connectivity index (χ4n) is 2.97. The maximum Gasteiger partial charge on any atom is 0.0995 e. The van der Waals surface area contributed by atoms with Crippen molar-refractivity contribution in [3.05, 3.63) is 24.6 Å². The van der Waals surface area contributed by atoms with E-state index < -0.39 is 0 Å². The lowest BCUT2D eigenvalue weighted by Gasteiger charge is -2.28. The van der Waals surface area contributed by atoms with Gasteiger partial charge in [-0.25, -0.2) is 0 Å². The number of nitrogens with two attached hydrogens (primary N) is 1. The molecule has 0 saturated carbocycles. The van der Waals surface area contributed by atoms with Crippen LogP contribution in [0.3, 0.4) is 0 Å². The second-order valence-corrected chi connectivity index (χ2v) is 6.50. The molecule has 2 atom stereocenters. The Morgan fingerprint density at radius 3 is 2.36 bits per heavy atom. The summed E-state index contributed by atoms with van der Waals surface area (Å²) in [4.78, 5) is 2.21. The van der Waals surface area contributed by atoms with Gasteiger partial charge in [0.15, 0.2) is 0 Å². The number of nitrogens with one attached hydrogen (secondary N) is 1. The molecule has 0 spiro atoms. The van der Waals surface area contributed by atoms with Crippen LogP contribution < -0.4 is 11.1 Å². The quantitative estimate of drug-likeness (QED) is 0.377. The average Bonchev–Trinajstić information content (AvgIpc) is 2.97. The smallest absolute Gasteiger partial charge is 0.0995 e. The number of rotatable bonds is 13. The second kappa shape index (κ2) is 12.6. The lowest BCUT2D eigenvalue weighted by molar-refractivity contribution is 0.208. The number of hydrogen-bond donors (Lipinski definition) is 2. The molecule has 1 aliphatic rings. The van der Waals surface area contributed by atoms with Gasteiger partial charge in [0.1, 0.15) is 0 Å². The molecule has 0 fully saturated rings. The van der Waals surface area contributed by atoms with Crippen molar-refractivity contribution < 1.29 is 0 Å². The number of allylic oxidation sites excluding steroid dienone is 2. The summed E-state index contributed by atoms with van der Waals surface area (Å²) in [6.45, 7) is 4.28. The Hall–Kier alpha value is -0.960. The summed E-state index contributed by atoms with van der Waals surface area (Å²) < 4.78 is 0. The first-order valence-corrected chi connectivity index (χ1v) is 9.36. The Morgan fingerprint density at radius 1 is 1.05 bits per heavy atom. The van der Waals surface area contributed by atoms with Crippen molar-refractivity contribution in [2.75, 3.05) is 0 Å². The van der Waals surface area contributed by atoms with Crippen LogP contribution in [-0.4, -0.2) is 17.2 Å². The van der Waals surface area contributed by atoms with Crippen LogP contribution in [0.5, 0.6) is 0 Å². The van der Waals surface area contributed by atoms with Crippen LogP contribution in [0.15, 0.2) is 24.6 Å². The molecule has 1 heterocycles. The summed E-state index contributed by atoms with van der Waals surface area (Å²) in [6, 6.07) is 0. The highest BCUT2D eigenvalue weighted by atomic mass is 15.3. The SMILES string of the molecule is CCC/C=C/CCCCCCCCCC1NC=CN1C(C)N. The van der Waals surface area contributed by atoms with E-state index in [2.05, 4.69) is 35.5 Å². The van der Waals surface area contributed by atoms with Crippen LogP contribution >= 0.6 is 0 Å². The van der Waals surface area contributed by atoms with E-state index in [0.717, 1.165) is 0 Å². The van der Waals surface area contributed by atoms with Crippen molar-refractivity contribution in [2.45, 2.75) is 96.8 Å². The molecule has 1 rings (SSSR count). The molecule has 2 unspecified atom stereocenters. The van der Waals surface area contributed by atoms with Crippen LogP contribution in [0.4, 0.5) is 0 Å². The minimum absolute atomic E-state index is 0.0997. The molecular formula is C19H37N3. The van der Waals surface area contributed by atoms with E-state index in [1.165, 1.54) is 70.6 Å². The van der Waals surface area contributed by atoms with Crippen molar-refractivity contribution in [3.8, 4) is 0 Å². The molecule has 22 heavy (non-hydrogen) atoms. The Bertz CT molecular complexity index is 310. The Morgan fingerprint density at radius 2 is 1.68 bits per heavy atom. The zero-order chi connectivity index (χ0) is 16.0. The predicted octanol–water partition coefficient (Wildman–Crippen LogP) is 4.86. The summed E-state index contributed by atoms with van der Waals surface area (Å²) >= 11 is 0. The van der Waals surface area contributed by atoms with E-state index in [1.807, 2.05) is 13.1 Å². The topological polar surface area (TPSA) is 41.3 Å². The lowest BCUT2D eigenvalue weighted by atomic mass is 10.1. The zero-order valence-corrected chi connectivity index (χ0v) is 14.8. The molecule has 0 bridgehead atoms. The minimum Gasteiger partial charge on any atom is -0.370 e. The van der Waals surface area contributed by atoms with Gasteiger partial charge in [-0.3, -0.25) is 0 Å². The highest BCUT2D eigenvalue weighted by Crippen LogP contribution is 2.15. The molecule has 128 valence electrons. The third kappa shape index (κ3) is 8.47. The molecule has 1 aliphatic heterocycles. The molecule has 0 aliphatic carbocycles. The molecule has 0 aromatic carbocycles. The normalized spacial score (nSPS) is 19.0. The monoisotopic (exact) mass is 307 g/mol. The van der Waals surface area contributed by atoms with E-state index in [-0.39, 0.29) is 6.17 Å². The summed E-state index contributed by atoms with van der Waals surface area (Å²) in [5.41, 5.74) is 5.95. The lowest BCUT2D eigenvalue weighted by Crippen LogP contribution is -2.44. The molecule has 3 heteroatoms. The van der Waals surface area contributed by atoms with Crippen LogP contribution in [0, 0.1) is 0 Å². The first-order chi connectivity index (χ1) is 10.8. The van der Waals surface area contributed by atoms with E-state index in [4.69, 9.17) is 5.73 Å². The fourth-order valence-corrected chi connectivity index (χ4v) is 2.97. The van der Waals surface area contributed by atoms with Crippen molar-refractivity contribution in [2.24, 2.45) is 5.73 Å². The third-order valence-electron chi connectivity index (χ3n) is 4.34. The average molecular weight is 308 g/mol. The first-order valence-electron chi connectivity index (χ1n) is 9.36. The Labute approximate surface area is 138 Å². The summed E-state index contributed by atoms with van der Waals surface area (Å²) in [5.74, 6) is 0. The van der Waals surface area contributed by atoms with Crippen molar-refractivity contribution in [1.29, 1.82) is 0 Å². The predicted molar refractivity (Wildman–Crippen MR) is 97.2 cm³/mol. The van der Waals surface area contributed by atoms with Gasteiger partial charge in [0, 0.05) is 12.4 Å². The molecule has 0 radical (unpaired) electrons. The standard InChI is InChI=1S/C19H37N3/c1-3-4-5-6-7-8-9-10-11-12-13-14-15-19-21-16-17-22(19)18(2)20/h5-6,16-19,21H,3-4,7-15,20H2,1-2H3/b6-5+. The van der Waals surface area contributed by atoms with Crippen molar-refractivity contribution in [1.82, 2.24) is 10.2 Å². The van der Waals surface area contributed by atoms with Gasteiger partial charge >= 0.3 is 0 Å². The van der Waals surface area contributed by atoms with Gasteiger partial charge in [-0.05, 0) is 39.0 Å². The van der Waals surface area contributed by atoms with Gasteiger partial charge in [-0.15, -0.1) is 0 Å². The number of nitrogens with zero attached hydrogens (tertiary/aromatic N) is 1. The molecule has 0 aromatic heterocycles. The van der Waals surface area contributed by atoms with Crippen LogP contribution in [0.1, 0.15) is 84.5 Å². The summed E-state index contributed by atoms with van der Waals surface area (Å²) in [5, 5.41) is 3.39. The first kappa shape index (κ1) is 19.1. The van der Waals surface area contributed by atoms with Crippen LogP contribution in [0.25, 0.3) is 0 Å². The maximum absolute atomic E-state index is 5.95. The second-order valence-electron chi connectivity index (χ2n) is 6.50. The van der Waals surface area contributed by atoms with Gasteiger partial charge in [-0.2, -0.15) is 0 Å². The molecule has 0 saturated heterocycles. The molecule has 0 amide bonds. The van der Waals surface area contributed by atoms with E-state index in [0.29, 0.717) is 6.17 Å². The van der Waals surface area contributed by atoms with Crippen molar-refractivity contribution in [3.63, 3.8) is 0 Å². The largest absolute Gasteiger partial charge is 0.370 e. The van der Waals surface area contributed by atoms with Crippen LogP contribution in [-0.2, 0) is 0 Å². The molecule has 0 aromatic rings. The highest BCUT2D eigenvalue weighted by Gasteiger charge is 2.20. The van der Waals surface area contributed by atoms with Gasteiger partial charge in [0.2, 0.25) is 0 Å². The highest BCUT2D eigenvalue weighted by molar-refractivity contribution is 4.95. The Kier molecular flexibility index (Phi) is 10.9. The van der Waals surface area contributed by atoms with Crippen molar-refractivity contribution >= 4 is 0 Å². The third-order valence-corrected chi connectivity index (χ3v) is 4.34. The van der Waals surface area contributed by atoms with E-state index in [1.54, 1.807) is 0 Å². The fraction of sp³-hybridized carbons (Fsp3) is 0.789. The van der Waals surface area contributed by atoms with E-state index in [9.17, 15) is 0 Å². The summed E-state index contributed by atoms with van der Waals surface area (Å²) in [6.07, 6.45) is 23.8. The summed E-state index contributed by atoms with van der Waals surface area (Å²) in [7, 11) is 0.